The number of hydrogen-bond donors (Lipinski definition) is 3. The maximum atomic E-state index is 11.3. The molecule has 4 heteroatoms. The SMILES string of the molecule is CC[C@H](C)[C@H](N)C(=O)NC[C@@H](C)O. The predicted octanol–water partition coefficient (Wildman–Crippen LogP) is -0.143. The van der Waals surface area contributed by atoms with E-state index in [0.717, 1.165) is 6.42 Å². The Bertz CT molecular complexity index is 160. The molecule has 1 amide bonds. The second-order valence-electron chi connectivity index (χ2n) is 3.51. The maximum Gasteiger partial charge on any atom is 0.237 e. The molecule has 4 N–H and O–H groups in total. The molecule has 13 heavy (non-hydrogen) atoms. The van der Waals surface area contributed by atoms with E-state index in [-0.39, 0.29) is 18.4 Å². The Kier molecular flexibility index (Phi) is 5.66. The van der Waals surface area contributed by atoms with Gasteiger partial charge in [0.05, 0.1) is 12.1 Å². The summed E-state index contributed by atoms with van der Waals surface area (Å²) in [5.41, 5.74) is 5.66. The number of carbonyl (C=O) groups is 1. The number of nitrogens with two attached hydrogens (primary N) is 1. The molecular formula is C9H20N2O2. The lowest BCUT2D eigenvalue weighted by Crippen LogP contribution is -2.46. The highest BCUT2D eigenvalue weighted by atomic mass is 16.3. The van der Waals surface area contributed by atoms with Crippen LogP contribution in [0.3, 0.4) is 0 Å². The Balaban J connectivity index is 3.82. The number of rotatable bonds is 5. The average molecular weight is 188 g/mol. The van der Waals surface area contributed by atoms with Crippen LogP contribution in [0.15, 0.2) is 0 Å². The topological polar surface area (TPSA) is 75.4 Å². The molecule has 0 unspecified atom stereocenters. The monoisotopic (exact) mass is 188 g/mol. The van der Waals surface area contributed by atoms with Gasteiger partial charge in [-0.05, 0) is 12.8 Å². The van der Waals surface area contributed by atoms with E-state index < -0.39 is 12.1 Å². The fourth-order valence-electron chi connectivity index (χ4n) is 0.878. The summed E-state index contributed by atoms with van der Waals surface area (Å²) < 4.78 is 0. The first kappa shape index (κ1) is 12.4. The lowest BCUT2D eigenvalue weighted by atomic mass is 9.99. The minimum atomic E-state index is -0.520. The molecule has 3 atom stereocenters. The van der Waals surface area contributed by atoms with Crippen molar-refractivity contribution in [2.75, 3.05) is 6.54 Å². The van der Waals surface area contributed by atoms with Gasteiger partial charge in [-0.3, -0.25) is 4.79 Å². The minimum absolute atomic E-state index is 0.175. The van der Waals surface area contributed by atoms with Crippen LogP contribution in [0.5, 0.6) is 0 Å². The highest BCUT2D eigenvalue weighted by molar-refractivity contribution is 5.81. The fourth-order valence-corrected chi connectivity index (χ4v) is 0.878. The largest absolute Gasteiger partial charge is 0.392 e. The van der Waals surface area contributed by atoms with Gasteiger partial charge in [-0.15, -0.1) is 0 Å². The number of hydrogen-bond acceptors (Lipinski definition) is 3. The Morgan fingerprint density at radius 2 is 2.08 bits per heavy atom. The van der Waals surface area contributed by atoms with Crippen molar-refractivity contribution in [3.8, 4) is 0 Å². The van der Waals surface area contributed by atoms with E-state index in [1.807, 2.05) is 13.8 Å². The van der Waals surface area contributed by atoms with Crippen LogP contribution >= 0.6 is 0 Å². The van der Waals surface area contributed by atoms with Gasteiger partial charge in [0.25, 0.3) is 0 Å². The van der Waals surface area contributed by atoms with Gasteiger partial charge in [0, 0.05) is 6.54 Å². The van der Waals surface area contributed by atoms with E-state index in [2.05, 4.69) is 5.32 Å². The molecule has 0 aliphatic rings. The van der Waals surface area contributed by atoms with Crippen molar-refractivity contribution in [3.63, 3.8) is 0 Å². The van der Waals surface area contributed by atoms with E-state index >= 15 is 0 Å². The van der Waals surface area contributed by atoms with E-state index in [9.17, 15) is 4.79 Å². The molecule has 0 saturated heterocycles. The van der Waals surface area contributed by atoms with Crippen molar-refractivity contribution in [1.29, 1.82) is 0 Å². The highest BCUT2D eigenvalue weighted by Gasteiger charge is 2.18. The van der Waals surface area contributed by atoms with Crippen LogP contribution in [0.4, 0.5) is 0 Å². The quantitative estimate of drug-likeness (QED) is 0.562. The van der Waals surface area contributed by atoms with Gasteiger partial charge in [-0.1, -0.05) is 20.3 Å². The van der Waals surface area contributed by atoms with E-state index in [4.69, 9.17) is 10.8 Å². The summed E-state index contributed by atoms with van der Waals surface area (Å²) in [6.07, 6.45) is 0.358. The van der Waals surface area contributed by atoms with Gasteiger partial charge in [-0.2, -0.15) is 0 Å². The van der Waals surface area contributed by atoms with Gasteiger partial charge in [-0.25, -0.2) is 0 Å². The van der Waals surface area contributed by atoms with Crippen molar-refractivity contribution in [2.45, 2.75) is 39.3 Å². The Hall–Kier alpha value is -0.610. The molecule has 0 aliphatic heterocycles. The van der Waals surface area contributed by atoms with Crippen LogP contribution in [0.2, 0.25) is 0 Å². The van der Waals surface area contributed by atoms with Crippen LogP contribution in [0.1, 0.15) is 27.2 Å². The van der Waals surface area contributed by atoms with Crippen molar-refractivity contribution in [2.24, 2.45) is 11.7 Å². The van der Waals surface area contributed by atoms with E-state index in [1.54, 1.807) is 6.92 Å². The molecule has 0 fully saturated rings. The Morgan fingerprint density at radius 1 is 1.54 bits per heavy atom. The summed E-state index contributed by atoms with van der Waals surface area (Å²) in [5.74, 6) is -0.00995. The first-order valence-electron chi connectivity index (χ1n) is 4.70. The summed E-state index contributed by atoms with van der Waals surface area (Å²) in [7, 11) is 0. The maximum absolute atomic E-state index is 11.3. The molecule has 4 nitrogen and oxygen atoms in total. The summed E-state index contributed by atoms with van der Waals surface area (Å²) in [6.45, 7) is 5.82. The van der Waals surface area contributed by atoms with Crippen LogP contribution in [-0.4, -0.2) is 29.7 Å². The van der Waals surface area contributed by atoms with Crippen LogP contribution in [0.25, 0.3) is 0 Å². The van der Waals surface area contributed by atoms with E-state index in [0.29, 0.717) is 0 Å². The molecule has 0 bridgehead atoms. The van der Waals surface area contributed by atoms with Gasteiger partial charge in [0.1, 0.15) is 0 Å². The summed E-state index contributed by atoms with van der Waals surface area (Å²) in [5, 5.41) is 11.5. The summed E-state index contributed by atoms with van der Waals surface area (Å²) in [4.78, 5) is 11.3. The Morgan fingerprint density at radius 3 is 2.46 bits per heavy atom. The lowest BCUT2D eigenvalue weighted by molar-refractivity contribution is -0.123. The lowest BCUT2D eigenvalue weighted by Gasteiger charge is -2.18. The smallest absolute Gasteiger partial charge is 0.237 e. The first-order valence-corrected chi connectivity index (χ1v) is 4.70. The molecular weight excluding hydrogens is 168 g/mol. The summed E-state index contributed by atoms with van der Waals surface area (Å²) >= 11 is 0. The number of amides is 1. The standard InChI is InChI=1S/C9H20N2O2/c1-4-6(2)8(10)9(13)11-5-7(3)12/h6-8,12H,4-5,10H2,1-3H3,(H,11,13)/t6-,7+,8-/m0/s1. The average Bonchev–Trinajstić information content (AvgIpc) is 2.11. The third-order valence-electron chi connectivity index (χ3n) is 2.13. The van der Waals surface area contributed by atoms with Gasteiger partial charge in [0.2, 0.25) is 5.91 Å². The molecule has 0 saturated carbocycles. The second-order valence-corrected chi connectivity index (χ2v) is 3.51. The normalized spacial score (nSPS) is 17.6. The van der Waals surface area contributed by atoms with Crippen LogP contribution in [0, 0.1) is 5.92 Å². The molecule has 78 valence electrons. The van der Waals surface area contributed by atoms with E-state index in [1.165, 1.54) is 0 Å². The minimum Gasteiger partial charge on any atom is -0.392 e. The fraction of sp³-hybridized carbons (Fsp3) is 0.889. The van der Waals surface area contributed by atoms with Crippen LogP contribution in [-0.2, 0) is 4.79 Å². The Labute approximate surface area is 79.5 Å². The molecule has 0 spiro atoms. The van der Waals surface area contributed by atoms with Gasteiger partial charge in [0.15, 0.2) is 0 Å². The predicted molar refractivity (Wildman–Crippen MR) is 52.1 cm³/mol. The zero-order chi connectivity index (χ0) is 10.4. The second kappa shape index (κ2) is 5.94. The van der Waals surface area contributed by atoms with Gasteiger partial charge >= 0.3 is 0 Å². The molecule has 0 aromatic carbocycles. The van der Waals surface area contributed by atoms with Crippen molar-refractivity contribution < 1.29 is 9.90 Å². The van der Waals surface area contributed by atoms with Crippen molar-refractivity contribution in [3.05, 3.63) is 0 Å². The molecule has 0 aliphatic carbocycles. The molecule has 0 aromatic rings. The zero-order valence-corrected chi connectivity index (χ0v) is 8.58. The van der Waals surface area contributed by atoms with Crippen LogP contribution < -0.4 is 11.1 Å². The zero-order valence-electron chi connectivity index (χ0n) is 8.58. The number of nitrogens with one attached hydrogen (secondary N) is 1. The molecule has 0 aromatic heterocycles. The number of carbonyl (C=O) groups excluding carboxylic acids is 1. The number of aliphatic hydroxyl groups excluding tert-OH is 1. The van der Waals surface area contributed by atoms with Gasteiger partial charge < -0.3 is 16.2 Å². The highest BCUT2D eigenvalue weighted by Crippen LogP contribution is 2.04. The summed E-state index contributed by atoms with van der Waals surface area (Å²) in [6, 6.07) is -0.469. The third-order valence-corrected chi connectivity index (χ3v) is 2.13. The number of aliphatic hydroxyl groups is 1. The third kappa shape index (κ3) is 4.85. The molecule has 0 radical (unpaired) electrons. The molecule has 0 heterocycles. The first-order chi connectivity index (χ1) is 5.99. The molecule has 0 rings (SSSR count). The van der Waals surface area contributed by atoms with Crippen molar-refractivity contribution in [1.82, 2.24) is 5.32 Å². The van der Waals surface area contributed by atoms with Crippen molar-refractivity contribution >= 4 is 5.91 Å².